The summed E-state index contributed by atoms with van der Waals surface area (Å²) < 4.78 is 5.23. The molecule has 3 rings (SSSR count). The van der Waals surface area contributed by atoms with Crippen molar-refractivity contribution in [3.8, 4) is 0 Å². The number of hydrogen-bond donors (Lipinski definition) is 1. The van der Waals surface area contributed by atoms with Gasteiger partial charge in [-0.1, -0.05) is 12.1 Å². The summed E-state index contributed by atoms with van der Waals surface area (Å²) in [5.41, 5.74) is 1.87. The SMILES string of the molecule is CCCN1CC(NC(=O)c2onc3c2CCCC3)CC1=O. The van der Waals surface area contributed by atoms with Crippen molar-refractivity contribution in [2.45, 2.75) is 51.5 Å². The van der Waals surface area contributed by atoms with Crippen LogP contribution in [0.2, 0.25) is 0 Å². The Bertz CT molecular complexity index is 552. The van der Waals surface area contributed by atoms with Crippen molar-refractivity contribution in [3.05, 3.63) is 17.0 Å². The molecular weight excluding hydrogens is 270 g/mol. The molecule has 2 heterocycles. The zero-order chi connectivity index (χ0) is 14.8. The first-order chi connectivity index (χ1) is 10.2. The highest BCUT2D eigenvalue weighted by Crippen LogP contribution is 2.24. The highest BCUT2D eigenvalue weighted by atomic mass is 16.5. The van der Waals surface area contributed by atoms with E-state index in [4.69, 9.17) is 4.52 Å². The Morgan fingerprint density at radius 3 is 3.05 bits per heavy atom. The summed E-state index contributed by atoms with van der Waals surface area (Å²) in [5.74, 6) is 0.217. The van der Waals surface area contributed by atoms with Crippen LogP contribution in [0.4, 0.5) is 0 Å². The van der Waals surface area contributed by atoms with Crippen LogP contribution in [0.25, 0.3) is 0 Å². The molecular formula is C15H21N3O3. The molecule has 0 spiro atoms. The maximum Gasteiger partial charge on any atom is 0.290 e. The molecule has 1 aliphatic carbocycles. The number of nitrogens with zero attached hydrogens (tertiary/aromatic N) is 2. The number of amides is 2. The molecule has 0 aromatic carbocycles. The van der Waals surface area contributed by atoms with Crippen LogP contribution in [-0.2, 0) is 17.6 Å². The average molecular weight is 291 g/mol. The van der Waals surface area contributed by atoms with Crippen LogP contribution in [0.1, 0.15) is 54.4 Å². The number of nitrogens with one attached hydrogen (secondary N) is 1. The fraction of sp³-hybridized carbons (Fsp3) is 0.667. The van der Waals surface area contributed by atoms with Gasteiger partial charge in [-0.25, -0.2) is 0 Å². The molecule has 2 aliphatic rings. The molecule has 114 valence electrons. The van der Waals surface area contributed by atoms with Crippen LogP contribution < -0.4 is 5.32 Å². The van der Waals surface area contributed by atoms with Gasteiger partial charge in [0.1, 0.15) is 0 Å². The summed E-state index contributed by atoms with van der Waals surface area (Å²) in [5, 5.41) is 6.91. The van der Waals surface area contributed by atoms with Crippen LogP contribution >= 0.6 is 0 Å². The highest BCUT2D eigenvalue weighted by molar-refractivity contribution is 5.94. The van der Waals surface area contributed by atoms with Crippen molar-refractivity contribution in [2.24, 2.45) is 0 Å². The molecule has 2 amide bonds. The van der Waals surface area contributed by atoms with Crippen LogP contribution in [0.3, 0.4) is 0 Å². The fourth-order valence-corrected chi connectivity index (χ4v) is 3.17. The van der Waals surface area contributed by atoms with Crippen molar-refractivity contribution >= 4 is 11.8 Å². The number of aryl methyl sites for hydroxylation is 1. The second-order valence-corrected chi connectivity index (χ2v) is 5.86. The zero-order valence-corrected chi connectivity index (χ0v) is 12.4. The number of fused-ring (bicyclic) bond motifs is 1. The molecule has 1 atom stereocenters. The lowest BCUT2D eigenvalue weighted by molar-refractivity contribution is -0.127. The van der Waals surface area contributed by atoms with E-state index in [1.54, 1.807) is 4.90 Å². The molecule has 1 aromatic rings. The minimum Gasteiger partial charge on any atom is -0.350 e. The maximum absolute atomic E-state index is 12.3. The van der Waals surface area contributed by atoms with Crippen molar-refractivity contribution in [1.82, 2.24) is 15.4 Å². The second-order valence-electron chi connectivity index (χ2n) is 5.86. The van der Waals surface area contributed by atoms with Crippen LogP contribution in [0, 0.1) is 0 Å². The maximum atomic E-state index is 12.3. The van der Waals surface area contributed by atoms with Gasteiger partial charge in [0.15, 0.2) is 0 Å². The molecule has 1 aromatic heterocycles. The Kier molecular flexibility index (Phi) is 3.94. The molecule has 21 heavy (non-hydrogen) atoms. The third-order valence-corrected chi connectivity index (χ3v) is 4.21. The molecule has 1 N–H and O–H groups in total. The minimum absolute atomic E-state index is 0.113. The molecule has 0 saturated carbocycles. The van der Waals surface area contributed by atoms with E-state index >= 15 is 0 Å². The van der Waals surface area contributed by atoms with E-state index in [9.17, 15) is 9.59 Å². The first-order valence-electron chi connectivity index (χ1n) is 7.75. The zero-order valence-electron chi connectivity index (χ0n) is 12.4. The molecule has 1 unspecified atom stereocenters. The molecule has 1 saturated heterocycles. The van der Waals surface area contributed by atoms with E-state index in [1.165, 1.54) is 0 Å². The summed E-state index contributed by atoms with van der Waals surface area (Å²) >= 11 is 0. The quantitative estimate of drug-likeness (QED) is 0.907. The van der Waals surface area contributed by atoms with E-state index < -0.39 is 0 Å². The van der Waals surface area contributed by atoms with Crippen LogP contribution in [-0.4, -0.2) is 41.0 Å². The van der Waals surface area contributed by atoms with Gasteiger partial charge in [0, 0.05) is 25.1 Å². The summed E-state index contributed by atoms with van der Waals surface area (Å²) in [6.45, 7) is 3.39. The molecule has 1 aliphatic heterocycles. The van der Waals surface area contributed by atoms with E-state index in [1.807, 2.05) is 6.92 Å². The standard InChI is InChI=1S/C15H21N3O3/c1-2-7-18-9-10(8-13(18)19)16-15(20)14-11-5-3-4-6-12(11)17-21-14/h10H,2-9H2,1H3,(H,16,20). The summed E-state index contributed by atoms with van der Waals surface area (Å²) in [7, 11) is 0. The van der Waals surface area contributed by atoms with Gasteiger partial charge in [0.05, 0.1) is 11.7 Å². The topological polar surface area (TPSA) is 75.4 Å². The monoisotopic (exact) mass is 291 g/mol. The smallest absolute Gasteiger partial charge is 0.290 e. The summed E-state index contributed by atoms with van der Waals surface area (Å²) in [6.07, 6.45) is 5.22. The normalized spacial score (nSPS) is 21.5. The predicted octanol–water partition coefficient (Wildman–Crippen LogP) is 1.29. The largest absolute Gasteiger partial charge is 0.350 e. The summed E-state index contributed by atoms with van der Waals surface area (Å²) in [4.78, 5) is 26.0. The number of aromatic nitrogens is 1. The van der Waals surface area contributed by atoms with Crippen LogP contribution in [0.5, 0.6) is 0 Å². The van der Waals surface area contributed by atoms with Crippen LogP contribution in [0.15, 0.2) is 4.52 Å². The number of hydrogen-bond acceptors (Lipinski definition) is 4. The number of carbonyl (C=O) groups excluding carboxylic acids is 2. The van der Waals surface area contributed by atoms with Gasteiger partial charge in [0.2, 0.25) is 11.7 Å². The van der Waals surface area contributed by atoms with Crippen molar-refractivity contribution in [2.75, 3.05) is 13.1 Å². The van der Waals surface area contributed by atoms with Gasteiger partial charge < -0.3 is 14.7 Å². The average Bonchev–Trinajstić information content (AvgIpc) is 3.03. The van der Waals surface area contributed by atoms with Gasteiger partial charge in [-0.2, -0.15) is 0 Å². The predicted molar refractivity (Wildman–Crippen MR) is 75.9 cm³/mol. The van der Waals surface area contributed by atoms with Gasteiger partial charge in [-0.05, 0) is 32.1 Å². The lowest BCUT2D eigenvalue weighted by Gasteiger charge is -2.16. The third kappa shape index (κ3) is 2.80. The number of likely N-dealkylation sites (tertiary alicyclic amines) is 1. The number of rotatable bonds is 4. The van der Waals surface area contributed by atoms with E-state index in [0.29, 0.717) is 18.7 Å². The third-order valence-electron chi connectivity index (χ3n) is 4.21. The Morgan fingerprint density at radius 2 is 2.24 bits per heavy atom. The second kappa shape index (κ2) is 5.87. The van der Waals surface area contributed by atoms with Gasteiger partial charge >= 0.3 is 0 Å². The Labute approximate surface area is 123 Å². The molecule has 6 nitrogen and oxygen atoms in total. The van der Waals surface area contributed by atoms with E-state index in [2.05, 4.69) is 10.5 Å². The van der Waals surface area contributed by atoms with E-state index in [-0.39, 0.29) is 17.9 Å². The van der Waals surface area contributed by atoms with Gasteiger partial charge in [-0.15, -0.1) is 0 Å². The van der Waals surface area contributed by atoms with E-state index in [0.717, 1.165) is 49.9 Å². The Hall–Kier alpha value is -1.85. The molecule has 0 bridgehead atoms. The molecule has 0 radical (unpaired) electrons. The summed E-state index contributed by atoms with van der Waals surface area (Å²) in [6, 6.07) is -0.124. The Balaban J connectivity index is 1.65. The Morgan fingerprint density at radius 1 is 1.43 bits per heavy atom. The van der Waals surface area contributed by atoms with Gasteiger partial charge in [-0.3, -0.25) is 9.59 Å². The highest BCUT2D eigenvalue weighted by Gasteiger charge is 2.32. The van der Waals surface area contributed by atoms with Crippen molar-refractivity contribution in [3.63, 3.8) is 0 Å². The first-order valence-corrected chi connectivity index (χ1v) is 7.75. The first kappa shape index (κ1) is 14.1. The lowest BCUT2D eigenvalue weighted by atomic mass is 9.96. The van der Waals surface area contributed by atoms with Crippen molar-refractivity contribution < 1.29 is 14.1 Å². The minimum atomic E-state index is -0.234. The van der Waals surface area contributed by atoms with Gasteiger partial charge in [0.25, 0.3) is 5.91 Å². The molecule has 6 heteroatoms. The lowest BCUT2D eigenvalue weighted by Crippen LogP contribution is -2.37. The molecule has 1 fully saturated rings. The van der Waals surface area contributed by atoms with Crippen molar-refractivity contribution in [1.29, 1.82) is 0 Å². The fourth-order valence-electron chi connectivity index (χ4n) is 3.17. The number of carbonyl (C=O) groups is 2.